The molecule has 6 nitrogen and oxygen atoms in total. The van der Waals surface area contributed by atoms with Crippen LogP contribution in [0.15, 0.2) is 35.9 Å². The molecule has 106 valence electrons. The van der Waals surface area contributed by atoms with E-state index in [0.717, 1.165) is 0 Å². The van der Waals surface area contributed by atoms with Crippen LogP contribution >= 0.6 is 0 Å². The van der Waals surface area contributed by atoms with E-state index in [1.807, 2.05) is 0 Å². The van der Waals surface area contributed by atoms with Crippen LogP contribution in [0.3, 0.4) is 0 Å². The standard InChI is InChI=1S/C14H16N2O4/c1-9(8-12(17)15-2)13(18)16-11-6-4-10(5-7-11)14(19)20-3/h4-8H,1-3H3,(H,15,17)(H,16,18)/b9-8+. The third-order valence-electron chi connectivity index (χ3n) is 2.52. The minimum atomic E-state index is -0.446. The van der Waals surface area contributed by atoms with Crippen molar-refractivity contribution in [2.75, 3.05) is 19.5 Å². The summed E-state index contributed by atoms with van der Waals surface area (Å²) in [7, 11) is 2.78. The van der Waals surface area contributed by atoms with Crippen LogP contribution in [0.1, 0.15) is 17.3 Å². The van der Waals surface area contributed by atoms with E-state index in [1.54, 1.807) is 24.3 Å². The molecule has 1 aromatic carbocycles. The number of carbonyl (C=O) groups excluding carboxylic acids is 3. The predicted octanol–water partition coefficient (Wildman–Crippen LogP) is 1.10. The molecule has 2 amide bonds. The van der Waals surface area contributed by atoms with Gasteiger partial charge in [0.25, 0.3) is 5.91 Å². The molecule has 0 aromatic heterocycles. The molecular formula is C14H16N2O4. The third-order valence-corrected chi connectivity index (χ3v) is 2.52. The van der Waals surface area contributed by atoms with Gasteiger partial charge in [0.1, 0.15) is 0 Å². The number of rotatable bonds is 4. The first-order chi connectivity index (χ1) is 9.47. The highest BCUT2D eigenvalue weighted by atomic mass is 16.5. The summed E-state index contributed by atoms with van der Waals surface area (Å²) in [6.07, 6.45) is 1.21. The number of hydrogen-bond donors (Lipinski definition) is 2. The first-order valence-electron chi connectivity index (χ1n) is 5.87. The van der Waals surface area contributed by atoms with E-state index in [9.17, 15) is 14.4 Å². The number of benzene rings is 1. The lowest BCUT2D eigenvalue weighted by molar-refractivity contribution is -0.117. The fourth-order valence-corrected chi connectivity index (χ4v) is 1.37. The van der Waals surface area contributed by atoms with E-state index < -0.39 is 5.97 Å². The smallest absolute Gasteiger partial charge is 0.337 e. The molecule has 0 fully saturated rings. The maximum absolute atomic E-state index is 11.8. The molecule has 1 rings (SSSR count). The minimum Gasteiger partial charge on any atom is -0.465 e. The molecule has 0 unspecified atom stereocenters. The number of esters is 1. The van der Waals surface area contributed by atoms with Gasteiger partial charge in [-0.15, -0.1) is 0 Å². The third kappa shape index (κ3) is 4.24. The average molecular weight is 276 g/mol. The zero-order valence-electron chi connectivity index (χ0n) is 11.5. The number of methoxy groups -OCH3 is 1. The van der Waals surface area contributed by atoms with Gasteiger partial charge in [-0.3, -0.25) is 9.59 Å². The van der Waals surface area contributed by atoms with Crippen LogP contribution in [0.2, 0.25) is 0 Å². The summed E-state index contributed by atoms with van der Waals surface area (Å²) in [6.45, 7) is 1.54. The summed E-state index contributed by atoms with van der Waals surface area (Å²) in [6, 6.07) is 6.24. The Kier molecular flexibility index (Phi) is 5.46. The number of ether oxygens (including phenoxy) is 1. The van der Waals surface area contributed by atoms with Crippen molar-refractivity contribution < 1.29 is 19.1 Å². The van der Waals surface area contributed by atoms with Crippen LogP contribution in [0, 0.1) is 0 Å². The van der Waals surface area contributed by atoms with E-state index in [1.165, 1.54) is 27.2 Å². The van der Waals surface area contributed by atoms with Crippen LogP contribution in [-0.2, 0) is 14.3 Å². The Morgan fingerprint density at radius 2 is 1.75 bits per heavy atom. The topological polar surface area (TPSA) is 84.5 Å². The summed E-state index contributed by atoms with van der Waals surface area (Å²) < 4.78 is 4.57. The van der Waals surface area contributed by atoms with Gasteiger partial charge in [0.15, 0.2) is 0 Å². The van der Waals surface area contributed by atoms with Crippen LogP contribution in [0.4, 0.5) is 5.69 Å². The van der Waals surface area contributed by atoms with Crippen molar-refractivity contribution in [1.29, 1.82) is 0 Å². The van der Waals surface area contributed by atoms with Gasteiger partial charge in [0, 0.05) is 24.4 Å². The summed E-state index contributed by atoms with van der Waals surface area (Å²) in [4.78, 5) is 34.1. The highest BCUT2D eigenvalue weighted by Crippen LogP contribution is 2.11. The van der Waals surface area contributed by atoms with Gasteiger partial charge in [-0.25, -0.2) is 4.79 Å². The Morgan fingerprint density at radius 3 is 2.25 bits per heavy atom. The van der Waals surface area contributed by atoms with E-state index in [-0.39, 0.29) is 17.4 Å². The quantitative estimate of drug-likeness (QED) is 0.637. The number of carbonyl (C=O) groups is 3. The van der Waals surface area contributed by atoms with Crippen LogP contribution < -0.4 is 10.6 Å². The predicted molar refractivity (Wildman–Crippen MR) is 74.2 cm³/mol. The van der Waals surface area contributed by atoms with E-state index in [0.29, 0.717) is 11.3 Å². The van der Waals surface area contributed by atoms with Crippen molar-refractivity contribution in [3.63, 3.8) is 0 Å². The summed E-state index contributed by atoms with van der Waals surface area (Å²) in [5.74, 6) is -1.18. The first kappa shape index (κ1) is 15.4. The van der Waals surface area contributed by atoms with Gasteiger partial charge >= 0.3 is 5.97 Å². The number of amides is 2. The first-order valence-corrected chi connectivity index (χ1v) is 5.87. The van der Waals surface area contributed by atoms with Crippen LogP contribution in [-0.4, -0.2) is 31.9 Å². The fraction of sp³-hybridized carbons (Fsp3) is 0.214. The summed E-state index contributed by atoms with van der Waals surface area (Å²) >= 11 is 0. The molecule has 0 spiro atoms. The molecule has 2 N–H and O–H groups in total. The lowest BCUT2D eigenvalue weighted by Crippen LogP contribution is -2.19. The highest BCUT2D eigenvalue weighted by Gasteiger charge is 2.08. The fourth-order valence-electron chi connectivity index (χ4n) is 1.37. The van der Waals surface area contributed by atoms with Gasteiger partial charge in [-0.05, 0) is 31.2 Å². The summed E-state index contributed by atoms with van der Waals surface area (Å²) in [5.41, 5.74) is 1.19. The van der Waals surface area contributed by atoms with Crippen molar-refractivity contribution in [1.82, 2.24) is 5.32 Å². The molecule has 0 bridgehead atoms. The second-order valence-corrected chi connectivity index (χ2v) is 3.96. The maximum atomic E-state index is 11.8. The van der Waals surface area contributed by atoms with Crippen molar-refractivity contribution in [2.24, 2.45) is 0 Å². The second-order valence-electron chi connectivity index (χ2n) is 3.96. The van der Waals surface area contributed by atoms with Crippen molar-refractivity contribution >= 4 is 23.5 Å². The second kappa shape index (κ2) is 7.08. The van der Waals surface area contributed by atoms with Gasteiger partial charge in [0.05, 0.1) is 12.7 Å². The van der Waals surface area contributed by atoms with Crippen molar-refractivity contribution in [3.8, 4) is 0 Å². The zero-order chi connectivity index (χ0) is 15.1. The van der Waals surface area contributed by atoms with E-state index in [4.69, 9.17) is 0 Å². The van der Waals surface area contributed by atoms with Crippen molar-refractivity contribution in [3.05, 3.63) is 41.5 Å². The Labute approximate surface area is 116 Å². The van der Waals surface area contributed by atoms with Gasteiger partial charge in [-0.1, -0.05) is 0 Å². The molecular weight excluding hydrogens is 260 g/mol. The highest BCUT2D eigenvalue weighted by molar-refractivity contribution is 6.07. The SMILES string of the molecule is CNC(=O)/C=C(\C)C(=O)Nc1ccc(C(=O)OC)cc1. The molecule has 0 aliphatic rings. The molecule has 0 aliphatic heterocycles. The average Bonchev–Trinajstić information content (AvgIpc) is 2.46. The Balaban J connectivity index is 2.74. The monoisotopic (exact) mass is 276 g/mol. The lowest BCUT2D eigenvalue weighted by atomic mass is 10.2. The molecule has 0 saturated carbocycles. The molecule has 0 radical (unpaired) electrons. The lowest BCUT2D eigenvalue weighted by Gasteiger charge is -2.06. The minimum absolute atomic E-state index is 0.279. The largest absolute Gasteiger partial charge is 0.465 e. The van der Waals surface area contributed by atoms with E-state index >= 15 is 0 Å². The Bertz CT molecular complexity index is 547. The Morgan fingerprint density at radius 1 is 1.15 bits per heavy atom. The molecule has 1 aromatic rings. The summed E-state index contributed by atoms with van der Waals surface area (Å²) in [5, 5.41) is 5.01. The van der Waals surface area contributed by atoms with Crippen molar-refractivity contribution in [2.45, 2.75) is 6.92 Å². The van der Waals surface area contributed by atoms with Gasteiger partial charge < -0.3 is 15.4 Å². The molecule has 0 heterocycles. The van der Waals surface area contributed by atoms with Crippen LogP contribution in [0.25, 0.3) is 0 Å². The molecule has 0 atom stereocenters. The zero-order valence-corrected chi connectivity index (χ0v) is 11.5. The molecule has 6 heteroatoms. The number of anilines is 1. The molecule has 0 aliphatic carbocycles. The normalized spacial score (nSPS) is 10.7. The van der Waals surface area contributed by atoms with Gasteiger partial charge in [-0.2, -0.15) is 0 Å². The van der Waals surface area contributed by atoms with Crippen LogP contribution in [0.5, 0.6) is 0 Å². The molecule has 20 heavy (non-hydrogen) atoms. The number of likely N-dealkylation sites (N-methyl/N-ethyl adjacent to an activating group) is 1. The maximum Gasteiger partial charge on any atom is 0.337 e. The number of hydrogen-bond acceptors (Lipinski definition) is 4. The molecule has 0 saturated heterocycles. The Hall–Kier alpha value is -2.63. The number of nitrogens with one attached hydrogen (secondary N) is 2. The van der Waals surface area contributed by atoms with E-state index in [2.05, 4.69) is 15.4 Å². The van der Waals surface area contributed by atoms with Gasteiger partial charge in [0.2, 0.25) is 5.91 Å².